The van der Waals surface area contributed by atoms with E-state index in [9.17, 15) is 14.0 Å². The van der Waals surface area contributed by atoms with Gasteiger partial charge in [-0.1, -0.05) is 18.5 Å². The van der Waals surface area contributed by atoms with Crippen molar-refractivity contribution in [2.75, 3.05) is 6.61 Å². The molecule has 1 atom stereocenters. The van der Waals surface area contributed by atoms with Gasteiger partial charge in [-0.2, -0.15) is 5.10 Å². The van der Waals surface area contributed by atoms with Crippen molar-refractivity contribution in [1.29, 1.82) is 0 Å². The van der Waals surface area contributed by atoms with E-state index < -0.39 is 18.4 Å². The van der Waals surface area contributed by atoms with Crippen molar-refractivity contribution in [3.63, 3.8) is 0 Å². The van der Waals surface area contributed by atoms with Crippen LogP contribution in [0.1, 0.15) is 36.3 Å². The average molecular weight is 368 g/mol. The summed E-state index contributed by atoms with van der Waals surface area (Å²) in [7, 11) is 0. The van der Waals surface area contributed by atoms with Gasteiger partial charge in [0.15, 0.2) is 6.61 Å². The van der Waals surface area contributed by atoms with Crippen LogP contribution in [-0.4, -0.2) is 34.3 Å². The van der Waals surface area contributed by atoms with Crippen LogP contribution in [0.2, 0.25) is 5.15 Å². The first-order valence-corrected chi connectivity index (χ1v) is 8.18. The Bertz CT molecular complexity index is 774. The lowest BCUT2D eigenvalue weighted by Crippen LogP contribution is -2.35. The second kappa shape index (κ2) is 8.11. The lowest BCUT2D eigenvalue weighted by Gasteiger charge is -2.11. The molecule has 25 heavy (non-hydrogen) atoms. The number of carbonyl (C=O) groups is 2. The zero-order valence-corrected chi connectivity index (χ0v) is 14.9. The number of nitrogens with zero attached hydrogens (tertiary/aromatic N) is 2. The van der Waals surface area contributed by atoms with Crippen LogP contribution in [0.3, 0.4) is 0 Å². The standard InChI is InChI=1S/C17H19ClFN3O3/c1-4-10(2)20-14(23)9-25-17(24)15-11(3)21-22(16(15)18)13-7-5-12(19)6-8-13/h5-8,10H,4,9H2,1-3H3,(H,20,23)/t10-/m1/s1. The maximum atomic E-state index is 13.0. The largest absolute Gasteiger partial charge is 0.452 e. The van der Waals surface area contributed by atoms with Gasteiger partial charge in [-0.05, 0) is 44.5 Å². The fourth-order valence-electron chi connectivity index (χ4n) is 2.11. The Balaban J connectivity index is 2.13. The molecule has 1 aromatic carbocycles. The van der Waals surface area contributed by atoms with Crippen molar-refractivity contribution in [1.82, 2.24) is 15.1 Å². The van der Waals surface area contributed by atoms with Crippen molar-refractivity contribution in [3.05, 3.63) is 46.5 Å². The summed E-state index contributed by atoms with van der Waals surface area (Å²) in [6.07, 6.45) is 0.773. The third kappa shape index (κ3) is 4.57. The molecular formula is C17H19ClFN3O3. The van der Waals surface area contributed by atoms with E-state index in [1.54, 1.807) is 6.92 Å². The highest BCUT2D eigenvalue weighted by atomic mass is 35.5. The molecule has 0 bridgehead atoms. The molecule has 1 aromatic heterocycles. The number of hydrogen-bond donors (Lipinski definition) is 1. The van der Waals surface area contributed by atoms with Gasteiger partial charge in [-0.3, -0.25) is 4.79 Å². The summed E-state index contributed by atoms with van der Waals surface area (Å²) in [5.41, 5.74) is 0.923. The van der Waals surface area contributed by atoms with Crippen LogP contribution in [0.4, 0.5) is 4.39 Å². The Morgan fingerprint density at radius 1 is 1.36 bits per heavy atom. The molecule has 1 heterocycles. The molecular weight excluding hydrogens is 349 g/mol. The number of esters is 1. The Morgan fingerprint density at radius 2 is 2.00 bits per heavy atom. The van der Waals surface area contributed by atoms with E-state index in [2.05, 4.69) is 10.4 Å². The zero-order chi connectivity index (χ0) is 18.6. The van der Waals surface area contributed by atoms with Gasteiger partial charge in [-0.25, -0.2) is 13.9 Å². The number of ether oxygens (including phenoxy) is 1. The summed E-state index contributed by atoms with van der Waals surface area (Å²) in [6, 6.07) is 5.50. The van der Waals surface area contributed by atoms with E-state index in [-0.39, 0.29) is 22.7 Å². The highest BCUT2D eigenvalue weighted by Gasteiger charge is 2.23. The third-order valence-corrected chi connectivity index (χ3v) is 3.98. The summed E-state index contributed by atoms with van der Waals surface area (Å²) in [5, 5.41) is 6.92. The van der Waals surface area contributed by atoms with Crippen LogP contribution in [0, 0.1) is 12.7 Å². The number of amides is 1. The predicted molar refractivity (Wildman–Crippen MR) is 91.4 cm³/mol. The van der Waals surface area contributed by atoms with Crippen molar-refractivity contribution < 1.29 is 18.7 Å². The molecule has 0 saturated heterocycles. The van der Waals surface area contributed by atoms with E-state index in [0.717, 1.165) is 6.42 Å². The van der Waals surface area contributed by atoms with Crippen molar-refractivity contribution in [2.45, 2.75) is 33.2 Å². The normalized spacial score (nSPS) is 11.9. The van der Waals surface area contributed by atoms with Crippen LogP contribution in [-0.2, 0) is 9.53 Å². The second-order valence-corrected chi connectivity index (χ2v) is 5.95. The number of hydrogen-bond acceptors (Lipinski definition) is 4. The molecule has 0 aliphatic rings. The molecule has 0 saturated carbocycles. The Kier molecular flexibility index (Phi) is 6.14. The second-order valence-electron chi connectivity index (χ2n) is 5.59. The number of aryl methyl sites for hydroxylation is 1. The first kappa shape index (κ1) is 18.9. The van der Waals surface area contributed by atoms with Crippen LogP contribution < -0.4 is 5.32 Å². The Labute approximate surface area is 149 Å². The van der Waals surface area contributed by atoms with E-state index in [1.807, 2.05) is 13.8 Å². The number of rotatable bonds is 6. The minimum atomic E-state index is -0.741. The summed E-state index contributed by atoms with van der Waals surface area (Å²) in [6.45, 7) is 4.99. The topological polar surface area (TPSA) is 73.2 Å². The average Bonchev–Trinajstić information content (AvgIpc) is 2.88. The van der Waals surface area contributed by atoms with Crippen LogP contribution in [0.25, 0.3) is 5.69 Å². The quantitative estimate of drug-likeness (QED) is 0.796. The third-order valence-electron chi connectivity index (χ3n) is 3.63. The van der Waals surface area contributed by atoms with E-state index in [0.29, 0.717) is 11.4 Å². The van der Waals surface area contributed by atoms with Crippen LogP contribution in [0.15, 0.2) is 24.3 Å². The molecule has 2 aromatic rings. The van der Waals surface area contributed by atoms with Crippen molar-refractivity contribution >= 4 is 23.5 Å². The number of halogens is 2. The van der Waals surface area contributed by atoms with Crippen molar-refractivity contribution in [2.24, 2.45) is 0 Å². The van der Waals surface area contributed by atoms with Gasteiger partial charge >= 0.3 is 5.97 Å². The van der Waals surface area contributed by atoms with Gasteiger partial charge in [0.25, 0.3) is 5.91 Å². The van der Waals surface area contributed by atoms with Gasteiger partial charge in [0.2, 0.25) is 0 Å². The molecule has 0 spiro atoms. The highest BCUT2D eigenvalue weighted by Crippen LogP contribution is 2.24. The first-order chi connectivity index (χ1) is 11.8. The fourth-order valence-corrected chi connectivity index (χ4v) is 2.46. The minimum absolute atomic E-state index is 0.00208. The number of aromatic nitrogens is 2. The fraction of sp³-hybridized carbons (Fsp3) is 0.353. The number of benzene rings is 1. The monoisotopic (exact) mass is 367 g/mol. The lowest BCUT2D eigenvalue weighted by molar-refractivity contribution is -0.124. The van der Waals surface area contributed by atoms with Gasteiger partial charge in [0.1, 0.15) is 16.5 Å². The SMILES string of the molecule is CC[C@@H](C)NC(=O)COC(=O)c1c(C)nn(-c2ccc(F)cc2)c1Cl. The number of carbonyl (C=O) groups excluding carboxylic acids is 2. The predicted octanol–water partition coefficient (Wildman–Crippen LogP) is 3.04. The molecule has 0 aliphatic heterocycles. The molecule has 1 amide bonds. The van der Waals surface area contributed by atoms with Gasteiger partial charge in [0, 0.05) is 6.04 Å². The molecule has 2 rings (SSSR count). The lowest BCUT2D eigenvalue weighted by atomic mass is 10.2. The summed E-state index contributed by atoms with van der Waals surface area (Å²) in [5.74, 6) is -1.52. The smallest absolute Gasteiger partial charge is 0.343 e. The highest BCUT2D eigenvalue weighted by molar-refractivity contribution is 6.33. The van der Waals surface area contributed by atoms with Crippen LogP contribution in [0.5, 0.6) is 0 Å². The Hall–Kier alpha value is -2.41. The summed E-state index contributed by atoms with van der Waals surface area (Å²) >= 11 is 6.23. The van der Waals surface area contributed by atoms with Gasteiger partial charge < -0.3 is 10.1 Å². The van der Waals surface area contributed by atoms with Crippen LogP contribution >= 0.6 is 11.6 Å². The molecule has 0 radical (unpaired) electrons. The maximum absolute atomic E-state index is 13.0. The molecule has 0 aliphatic carbocycles. The van der Waals surface area contributed by atoms with Gasteiger partial charge in [-0.15, -0.1) is 0 Å². The molecule has 0 unspecified atom stereocenters. The van der Waals surface area contributed by atoms with Crippen molar-refractivity contribution in [3.8, 4) is 5.69 Å². The molecule has 0 fully saturated rings. The Morgan fingerprint density at radius 3 is 2.60 bits per heavy atom. The first-order valence-electron chi connectivity index (χ1n) is 7.81. The van der Waals surface area contributed by atoms with E-state index in [4.69, 9.17) is 16.3 Å². The van der Waals surface area contributed by atoms with E-state index in [1.165, 1.54) is 28.9 Å². The summed E-state index contributed by atoms with van der Waals surface area (Å²) < 4.78 is 19.4. The molecule has 134 valence electrons. The minimum Gasteiger partial charge on any atom is -0.452 e. The van der Waals surface area contributed by atoms with E-state index >= 15 is 0 Å². The molecule has 8 heteroatoms. The zero-order valence-electron chi connectivity index (χ0n) is 14.2. The molecule has 1 N–H and O–H groups in total. The molecule has 6 nitrogen and oxygen atoms in total. The number of nitrogens with one attached hydrogen (secondary N) is 1. The summed E-state index contributed by atoms with van der Waals surface area (Å²) in [4.78, 5) is 23.9. The maximum Gasteiger partial charge on any atom is 0.343 e. The van der Waals surface area contributed by atoms with Gasteiger partial charge in [0.05, 0.1) is 11.4 Å².